The van der Waals surface area contributed by atoms with E-state index in [2.05, 4.69) is 72.7 Å². The molecule has 0 radical (unpaired) electrons. The lowest BCUT2D eigenvalue weighted by atomic mass is 9.88. The van der Waals surface area contributed by atoms with Crippen molar-refractivity contribution < 1.29 is 9.00 Å². The zero-order valence-electron chi connectivity index (χ0n) is 23.4. The number of pyridine rings is 1. The van der Waals surface area contributed by atoms with E-state index >= 15 is 0 Å². The molecule has 1 heterocycles. The largest absolute Gasteiger partial charge is 0.354 e. The van der Waals surface area contributed by atoms with Gasteiger partial charge >= 0.3 is 6.03 Å². The Morgan fingerprint density at radius 1 is 0.974 bits per heavy atom. The van der Waals surface area contributed by atoms with Crippen LogP contribution in [0, 0.1) is 0 Å². The summed E-state index contributed by atoms with van der Waals surface area (Å²) >= 11 is 0. The fourth-order valence-corrected chi connectivity index (χ4v) is 5.62. The van der Waals surface area contributed by atoms with Gasteiger partial charge < -0.3 is 10.2 Å². The van der Waals surface area contributed by atoms with Crippen LogP contribution in [0.5, 0.6) is 0 Å². The summed E-state index contributed by atoms with van der Waals surface area (Å²) in [4.78, 5) is 20.1. The minimum Gasteiger partial charge on any atom is -0.305 e. The Kier molecular flexibility index (Phi) is 8.49. The summed E-state index contributed by atoms with van der Waals surface area (Å²) < 4.78 is 17.2. The predicted molar refractivity (Wildman–Crippen MR) is 161 cm³/mol. The van der Waals surface area contributed by atoms with E-state index in [-0.39, 0.29) is 11.8 Å². The molecule has 0 aliphatic carbocycles. The molecule has 3 aromatic carbocycles. The van der Waals surface area contributed by atoms with Crippen molar-refractivity contribution in [3.05, 3.63) is 89.6 Å². The lowest BCUT2D eigenvalue weighted by molar-refractivity contribution is 0.260. The van der Waals surface area contributed by atoms with Crippen LogP contribution in [-0.2, 0) is 16.5 Å². The number of anilines is 1. The maximum atomic E-state index is 13.3. The van der Waals surface area contributed by atoms with E-state index in [4.69, 9.17) is 5.14 Å². The molecule has 0 aliphatic heterocycles. The van der Waals surface area contributed by atoms with Gasteiger partial charge in [0.05, 0.1) is 10.4 Å². The summed E-state index contributed by atoms with van der Waals surface area (Å²) in [6.07, 6.45) is 1.80. The van der Waals surface area contributed by atoms with Crippen molar-refractivity contribution >= 4 is 32.5 Å². The lowest BCUT2D eigenvalue weighted by Crippen LogP contribution is -2.19. The van der Waals surface area contributed by atoms with E-state index in [1.807, 2.05) is 43.3 Å². The van der Waals surface area contributed by atoms with Crippen LogP contribution in [0.4, 0.5) is 10.5 Å². The Hall–Kier alpha value is -3.59. The van der Waals surface area contributed by atoms with E-state index in [0.29, 0.717) is 10.6 Å². The molecule has 0 fully saturated rings. The van der Waals surface area contributed by atoms with Crippen molar-refractivity contribution in [2.75, 3.05) is 19.4 Å². The van der Waals surface area contributed by atoms with Crippen molar-refractivity contribution in [3.63, 3.8) is 0 Å². The fraction of sp³-hybridized carbons (Fsp3) is 0.290. The zero-order valence-corrected chi connectivity index (χ0v) is 24.3. The average Bonchev–Trinajstić information content (AvgIpc) is 2.87. The number of fused-ring (bicyclic) bond motifs is 1. The van der Waals surface area contributed by atoms with Crippen LogP contribution in [0.15, 0.2) is 82.2 Å². The van der Waals surface area contributed by atoms with Crippen LogP contribution in [0.3, 0.4) is 0 Å². The Bertz CT molecular complexity index is 1580. The second-order valence-corrected chi connectivity index (χ2v) is 12.5. The molecule has 4 rings (SSSR count). The number of hydrogen-bond donors (Lipinski definition) is 2. The van der Waals surface area contributed by atoms with Crippen molar-refractivity contribution in [3.8, 4) is 11.1 Å². The first-order chi connectivity index (χ1) is 18.5. The van der Waals surface area contributed by atoms with E-state index < -0.39 is 15.9 Å². The van der Waals surface area contributed by atoms with Gasteiger partial charge in [-0.3, -0.25) is 4.98 Å². The molecule has 1 atom stereocenters. The molecule has 1 aromatic heterocycles. The van der Waals surface area contributed by atoms with Gasteiger partial charge in [0.1, 0.15) is 9.92 Å². The third-order valence-corrected chi connectivity index (χ3v) is 7.98. The van der Waals surface area contributed by atoms with E-state index in [1.54, 1.807) is 18.3 Å². The highest BCUT2D eigenvalue weighted by Crippen LogP contribution is 2.38. The van der Waals surface area contributed by atoms with Crippen LogP contribution in [0.25, 0.3) is 22.0 Å². The number of nitrogens with zero attached hydrogens (tertiary/aromatic N) is 3. The van der Waals surface area contributed by atoms with Gasteiger partial charge in [-0.25, -0.2) is 14.1 Å². The number of para-hydroxylation sites is 1. The molecular formula is C31H37N5O2S. The van der Waals surface area contributed by atoms with E-state index in [1.165, 1.54) is 0 Å². The number of benzene rings is 3. The van der Waals surface area contributed by atoms with Gasteiger partial charge in [-0.1, -0.05) is 64.1 Å². The molecule has 4 aromatic rings. The summed E-state index contributed by atoms with van der Waals surface area (Å²) in [6.45, 7) is 9.07. The van der Waals surface area contributed by atoms with E-state index in [9.17, 15) is 9.00 Å². The highest BCUT2D eigenvalue weighted by atomic mass is 32.2. The first kappa shape index (κ1) is 28.4. The van der Waals surface area contributed by atoms with Crippen LogP contribution < -0.4 is 10.5 Å². The third-order valence-electron chi connectivity index (χ3n) is 6.60. The smallest absolute Gasteiger partial charge is 0.305 e. The van der Waals surface area contributed by atoms with Crippen molar-refractivity contribution in [1.82, 2.24) is 9.88 Å². The van der Waals surface area contributed by atoms with Crippen LogP contribution >= 0.6 is 0 Å². The number of aromatic nitrogens is 1. The number of carbonyl (C=O) groups is 1. The summed E-state index contributed by atoms with van der Waals surface area (Å²) in [6, 6.07) is 20.6. The molecular weight excluding hydrogens is 506 g/mol. The summed E-state index contributed by atoms with van der Waals surface area (Å²) in [5.41, 5.74) is 6.64. The summed E-state index contributed by atoms with van der Waals surface area (Å²) in [5, 5.41) is 10.1. The number of nitrogens with one attached hydrogen (secondary N) is 1. The molecule has 3 N–H and O–H groups in total. The molecule has 0 bridgehead atoms. The fourth-order valence-electron chi connectivity index (χ4n) is 4.70. The molecule has 7 nitrogen and oxygen atoms in total. The summed E-state index contributed by atoms with van der Waals surface area (Å²) in [7, 11) is 0.523. The molecule has 204 valence electrons. The highest BCUT2D eigenvalue weighted by molar-refractivity contribution is 7.91. The van der Waals surface area contributed by atoms with Crippen molar-refractivity contribution in [2.45, 2.75) is 51.0 Å². The first-order valence-corrected chi connectivity index (χ1v) is 14.7. The predicted octanol–water partition coefficient (Wildman–Crippen LogP) is 7.14. The third kappa shape index (κ3) is 6.53. The second-order valence-electron chi connectivity index (χ2n) is 10.7. The minimum atomic E-state index is -3.43. The van der Waals surface area contributed by atoms with Gasteiger partial charge in [0.15, 0.2) is 0 Å². The highest BCUT2D eigenvalue weighted by Gasteiger charge is 2.20. The topological polar surface area (TPSA) is 101 Å². The quantitative estimate of drug-likeness (QED) is 0.259. The Morgan fingerprint density at radius 2 is 1.59 bits per heavy atom. The van der Waals surface area contributed by atoms with Crippen LogP contribution in [-0.4, -0.2) is 34.2 Å². The number of hydrogen-bond acceptors (Lipinski definition) is 4. The number of urea groups is 1. The number of amides is 2. The number of nitrogens with two attached hydrogens (primary N) is 1. The monoisotopic (exact) mass is 543 g/mol. The Labute approximate surface area is 231 Å². The molecule has 39 heavy (non-hydrogen) atoms. The second kappa shape index (κ2) is 11.7. The standard InChI is InChI=1S/C31H37N5O2S/c1-20(2)27-17-24(26-11-7-9-23-10-8-16-33-29(23)26)18-28(21(3)4)30(27)34-31(37)35-39(32,38)25-14-12-22(13-15-25)19-36(5)6/h7-18,20-21H,19H2,1-6H3,(H3,32,34,35,37,38). The van der Waals surface area contributed by atoms with Gasteiger partial charge in [0, 0.05) is 29.4 Å². The lowest BCUT2D eigenvalue weighted by Gasteiger charge is -2.22. The van der Waals surface area contributed by atoms with Crippen molar-refractivity contribution in [1.29, 1.82) is 0 Å². The molecule has 0 saturated carbocycles. The number of carbonyl (C=O) groups excluding carboxylic acids is 1. The average molecular weight is 544 g/mol. The molecule has 2 amide bonds. The Morgan fingerprint density at radius 3 is 2.18 bits per heavy atom. The number of rotatable bonds is 7. The van der Waals surface area contributed by atoms with Gasteiger partial charge in [0.2, 0.25) is 0 Å². The van der Waals surface area contributed by atoms with Crippen molar-refractivity contribution in [2.24, 2.45) is 9.50 Å². The Balaban J connectivity index is 1.74. The minimum absolute atomic E-state index is 0.104. The molecule has 0 spiro atoms. The van der Waals surface area contributed by atoms with Crippen LogP contribution in [0.1, 0.15) is 56.2 Å². The van der Waals surface area contributed by atoms with Gasteiger partial charge in [-0.2, -0.15) is 0 Å². The first-order valence-electron chi connectivity index (χ1n) is 13.1. The molecule has 1 unspecified atom stereocenters. The van der Waals surface area contributed by atoms with Crippen LogP contribution in [0.2, 0.25) is 0 Å². The SMILES string of the molecule is CC(C)c1cc(-c2cccc3cccnc23)cc(C(C)C)c1NC(=O)N=S(N)(=O)c1ccc(CN(C)C)cc1. The molecule has 0 aliphatic rings. The normalized spacial score (nSPS) is 13.2. The van der Waals surface area contributed by atoms with Gasteiger partial charge in [-0.15, -0.1) is 4.36 Å². The molecule has 8 heteroatoms. The van der Waals surface area contributed by atoms with Gasteiger partial charge in [0.25, 0.3) is 0 Å². The maximum Gasteiger partial charge on any atom is 0.354 e. The van der Waals surface area contributed by atoms with E-state index in [0.717, 1.165) is 45.3 Å². The summed E-state index contributed by atoms with van der Waals surface area (Å²) in [5.74, 6) is 0.208. The molecule has 0 saturated heterocycles. The van der Waals surface area contributed by atoms with Gasteiger partial charge in [-0.05, 0) is 78.5 Å². The maximum absolute atomic E-state index is 13.3. The zero-order chi connectivity index (χ0) is 28.3.